The van der Waals surface area contributed by atoms with Crippen LogP contribution in [0.5, 0.6) is 11.5 Å². The minimum atomic E-state index is 0.508. The van der Waals surface area contributed by atoms with Gasteiger partial charge in [-0.25, -0.2) is 4.98 Å². The van der Waals surface area contributed by atoms with Gasteiger partial charge < -0.3 is 14.0 Å². The van der Waals surface area contributed by atoms with Crippen LogP contribution in [0.25, 0.3) is 0 Å². The van der Waals surface area contributed by atoms with E-state index in [0.717, 1.165) is 0 Å². The number of nitriles is 1. The van der Waals surface area contributed by atoms with E-state index in [1.807, 2.05) is 10.8 Å². The molecule has 0 radical (unpaired) electrons. The Balaban J connectivity index is 1.98. The first-order valence-electron chi connectivity index (χ1n) is 5.49. The molecule has 1 heterocycles. The van der Waals surface area contributed by atoms with Gasteiger partial charge in [0.15, 0.2) is 0 Å². The number of methoxy groups -OCH3 is 1. The average Bonchev–Trinajstić information content (AvgIpc) is 2.91. The molecule has 5 heteroatoms. The van der Waals surface area contributed by atoms with Crippen molar-refractivity contribution in [2.24, 2.45) is 0 Å². The molecule has 0 saturated heterocycles. The predicted octanol–water partition coefficient (Wildman–Crippen LogP) is 1.84. The van der Waals surface area contributed by atoms with Gasteiger partial charge in [-0.2, -0.15) is 5.26 Å². The summed E-state index contributed by atoms with van der Waals surface area (Å²) in [5.41, 5.74) is 0.520. The number of benzene rings is 1. The highest BCUT2D eigenvalue weighted by atomic mass is 16.5. The first-order valence-corrected chi connectivity index (χ1v) is 5.49. The molecule has 0 aliphatic rings. The maximum Gasteiger partial charge on any atom is 0.124 e. The van der Waals surface area contributed by atoms with Crippen LogP contribution in [0.4, 0.5) is 0 Å². The topological polar surface area (TPSA) is 60.1 Å². The van der Waals surface area contributed by atoms with Crippen molar-refractivity contribution in [3.8, 4) is 17.6 Å². The van der Waals surface area contributed by atoms with E-state index < -0.39 is 0 Å². The van der Waals surface area contributed by atoms with Crippen molar-refractivity contribution in [3.05, 3.63) is 42.5 Å². The largest absolute Gasteiger partial charge is 0.497 e. The molecule has 0 unspecified atom stereocenters. The van der Waals surface area contributed by atoms with Crippen LogP contribution >= 0.6 is 0 Å². The van der Waals surface area contributed by atoms with E-state index in [1.165, 1.54) is 0 Å². The SMILES string of the molecule is COc1cc(C#N)cc(OCCn2ccnc2)c1. The van der Waals surface area contributed by atoms with Crippen LogP contribution in [-0.2, 0) is 6.54 Å². The van der Waals surface area contributed by atoms with Gasteiger partial charge in [-0.1, -0.05) is 0 Å². The molecule has 0 bridgehead atoms. The van der Waals surface area contributed by atoms with E-state index in [-0.39, 0.29) is 0 Å². The molecule has 0 amide bonds. The van der Waals surface area contributed by atoms with Crippen molar-refractivity contribution >= 4 is 0 Å². The zero-order chi connectivity index (χ0) is 12.8. The molecule has 18 heavy (non-hydrogen) atoms. The highest BCUT2D eigenvalue weighted by molar-refractivity contribution is 5.43. The summed E-state index contributed by atoms with van der Waals surface area (Å²) in [6.45, 7) is 1.22. The van der Waals surface area contributed by atoms with Gasteiger partial charge in [-0.05, 0) is 12.1 Å². The second-order valence-corrected chi connectivity index (χ2v) is 3.66. The lowest BCUT2D eigenvalue weighted by molar-refractivity contribution is 0.296. The van der Waals surface area contributed by atoms with Crippen molar-refractivity contribution < 1.29 is 9.47 Å². The molecule has 0 aliphatic heterocycles. The molecule has 5 nitrogen and oxygen atoms in total. The van der Waals surface area contributed by atoms with Crippen molar-refractivity contribution in [2.45, 2.75) is 6.54 Å². The summed E-state index contributed by atoms with van der Waals surface area (Å²) in [5, 5.41) is 8.88. The molecule has 0 N–H and O–H groups in total. The lowest BCUT2D eigenvalue weighted by Gasteiger charge is -2.08. The minimum Gasteiger partial charge on any atom is -0.497 e. The van der Waals surface area contributed by atoms with Crippen LogP contribution in [0.2, 0.25) is 0 Å². The maximum absolute atomic E-state index is 8.88. The summed E-state index contributed by atoms with van der Waals surface area (Å²) < 4.78 is 12.6. The molecule has 0 saturated carbocycles. The monoisotopic (exact) mass is 243 g/mol. The minimum absolute atomic E-state index is 0.508. The van der Waals surface area contributed by atoms with Crippen LogP contribution < -0.4 is 9.47 Å². The van der Waals surface area contributed by atoms with E-state index in [0.29, 0.717) is 30.2 Å². The zero-order valence-electron chi connectivity index (χ0n) is 10.0. The van der Waals surface area contributed by atoms with Crippen LogP contribution in [0.1, 0.15) is 5.56 Å². The van der Waals surface area contributed by atoms with Gasteiger partial charge in [0.05, 0.1) is 31.6 Å². The summed E-state index contributed by atoms with van der Waals surface area (Å²) >= 11 is 0. The summed E-state index contributed by atoms with van der Waals surface area (Å²) in [6.07, 6.45) is 5.32. The van der Waals surface area contributed by atoms with Gasteiger partial charge in [-0.15, -0.1) is 0 Å². The van der Waals surface area contributed by atoms with Crippen molar-refractivity contribution in [1.29, 1.82) is 5.26 Å². The number of aromatic nitrogens is 2. The summed E-state index contributed by atoms with van der Waals surface area (Å²) in [4.78, 5) is 3.95. The number of hydrogen-bond acceptors (Lipinski definition) is 4. The van der Waals surface area contributed by atoms with Crippen LogP contribution in [0.3, 0.4) is 0 Å². The molecule has 0 aliphatic carbocycles. The first kappa shape index (κ1) is 12.0. The normalized spacial score (nSPS) is 9.78. The Bertz CT molecular complexity index is 544. The smallest absolute Gasteiger partial charge is 0.124 e. The zero-order valence-corrected chi connectivity index (χ0v) is 10.0. The molecule has 0 fully saturated rings. The van der Waals surface area contributed by atoms with Gasteiger partial charge in [0.1, 0.15) is 18.1 Å². The van der Waals surface area contributed by atoms with Gasteiger partial charge in [0.25, 0.3) is 0 Å². The van der Waals surface area contributed by atoms with E-state index >= 15 is 0 Å². The quantitative estimate of drug-likeness (QED) is 0.804. The van der Waals surface area contributed by atoms with Gasteiger partial charge >= 0.3 is 0 Å². The Morgan fingerprint density at radius 3 is 2.83 bits per heavy atom. The first-order chi connectivity index (χ1) is 8.81. The number of nitrogens with zero attached hydrogens (tertiary/aromatic N) is 3. The van der Waals surface area contributed by atoms with Gasteiger partial charge in [-0.3, -0.25) is 0 Å². The van der Waals surface area contributed by atoms with E-state index in [9.17, 15) is 0 Å². The third-order valence-corrected chi connectivity index (χ3v) is 2.42. The highest BCUT2D eigenvalue weighted by Crippen LogP contribution is 2.22. The van der Waals surface area contributed by atoms with E-state index in [4.69, 9.17) is 14.7 Å². The Labute approximate surface area is 105 Å². The van der Waals surface area contributed by atoms with Crippen LogP contribution in [0, 0.1) is 11.3 Å². The second-order valence-electron chi connectivity index (χ2n) is 3.66. The van der Waals surface area contributed by atoms with Crippen LogP contribution in [-0.4, -0.2) is 23.3 Å². The molecule has 2 rings (SSSR count). The van der Waals surface area contributed by atoms with E-state index in [2.05, 4.69) is 11.1 Å². The molecule has 0 spiro atoms. The fraction of sp³-hybridized carbons (Fsp3) is 0.231. The molecule has 92 valence electrons. The van der Waals surface area contributed by atoms with Crippen LogP contribution in [0.15, 0.2) is 36.9 Å². The third-order valence-electron chi connectivity index (χ3n) is 2.42. The Hall–Kier alpha value is -2.48. The summed E-state index contributed by atoms with van der Waals surface area (Å²) in [7, 11) is 1.56. The second kappa shape index (κ2) is 5.73. The number of rotatable bonds is 5. The Morgan fingerprint density at radius 2 is 2.17 bits per heavy atom. The Morgan fingerprint density at radius 1 is 1.33 bits per heavy atom. The molecule has 0 atom stereocenters. The predicted molar refractivity (Wildman–Crippen MR) is 65.4 cm³/mol. The lowest BCUT2D eigenvalue weighted by Crippen LogP contribution is -2.06. The maximum atomic E-state index is 8.88. The fourth-order valence-corrected chi connectivity index (χ4v) is 1.53. The van der Waals surface area contributed by atoms with E-state index in [1.54, 1.807) is 37.8 Å². The summed E-state index contributed by atoms with van der Waals surface area (Å²) in [6, 6.07) is 7.19. The number of ether oxygens (including phenoxy) is 2. The molecule has 1 aromatic heterocycles. The number of hydrogen-bond donors (Lipinski definition) is 0. The molecule has 1 aromatic carbocycles. The third kappa shape index (κ3) is 3.01. The lowest BCUT2D eigenvalue weighted by atomic mass is 10.2. The average molecular weight is 243 g/mol. The highest BCUT2D eigenvalue weighted by Gasteiger charge is 2.02. The van der Waals surface area contributed by atoms with Crippen molar-refractivity contribution in [2.75, 3.05) is 13.7 Å². The fourth-order valence-electron chi connectivity index (χ4n) is 1.53. The Kier molecular flexibility index (Phi) is 3.82. The molecule has 2 aromatic rings. The number of imidazole rings is 1. The summed E-state index contributed by atoms with van der Waals surface area (Å²) in [5.74, 6) is 1.25. The molecular weight excluding hydrogens is 230 g/mol. The van der Waals surface area contributed by atoms with Gasteiger partial charge in [0, 0.05) is 18.5 Å². The van der Waals surface area contributed by atoms with Gasteiger partial charge in [0.2, 0.25) is 0 Å². The van der Waals surface area contributed by atoms with Crippen molar-refractivity contribution in [3.63, 3.8) is 0 Å². The van der Waals surface area contributed by atoms with Crippen molar-refractivity contribution in [1.82, 2.24) is 9.55 Å². The molecular formula is C13H13N3O2. The standard InChI is InChI=1S/C13H13N3O2/c1-17-12-6-11(9-14)7-13(8-12)18-5-4-16-3-2-15-10-16/h2-3,6-8,10H,4-5H2,1H3.